The predicted octanol–water partition coefficient (Wildman–Crippen LogP) is 2.26. The zero-order chi connectivity index (χ0) is 19.2. The van der Waals surface area contributed by atoms with Gasteiger partial charge < -0.3 is 10.6 Å². The third-order valence-electron chi connectivity index (χ3n) is 4.44. The van der Waals surface area contributed by atoms with E-state index in [1.807, 2.05) is 13.8 Å². The maximum absolute atomic E-state index is 13.5. The van der Waals surface area contributed by atoms with Gasteiger partial charge in [0.2, 0.25) is 0 Å². The van der Waals surface area contributed by atoms with E-state index in [-0.39, 0.29) is 17.7 Å². The first kappa shape index (κ1) is 17.8. The fourth-order valence-corrected chi connectivity index (χ4v) is 3.34. The second kappa shape index (κ2) is 6.05. The highest BCUT2D eigenvalue weighted by atomic mass is 19.2. The molecule has 0 radical (unpaired) electrons. The van der Waals surface area contributed by atoms with E-state index in [9.17, 15) is 18.4 Å². The molecule has 2 heterocycles. The Morgan fingerprint density at radius 3 is 2.58 bits per heavy atom. The number of primary amides is 1. The highest BCUT2D eigenvalue weighted by Crippen LogP contribution is 2.36. The number of carbonyl (C=O) groups is 2. The summed E-state index contributed by atoms with van der Waals surface area (Å²) in [7, 11) is 0. The molecule has 0 aliphatic carbocycles. The molecule has 3 rings (SSSR count). The molecule has 8 heteroatoms. The number of H-pyrrole nitrogens is 1. The molecule has 0 saturated heterocycles. The average molecular weight is 360 g/mol. The van der Waals surface area contributed by atoms with E-state index in [1.54, 1.807) is 6.92 Å². The van der Waals surface area contributed by atoms with Gasteiger partial charge in [-0.2, -0.15) is 5.10 Å². The van der Waals surface area contributed by atoms with Crippen molar-refractivity contribution in [3.63, 3.8) is 0 Å². The normalized spacial score (nSPS) is 15.9. The van der Waals surface area contributed by atoms with Crippen LogP contribution in [0.25, 0.3) is 5.57 Å². The van der Waals surface area contributed by atoms with Crippen molar-refractivity contribution in [3.8, 4) is 0 Å². The molecule has 2 aromatic rings. The molecule has 1 aromatic heterocycles. The van der Waals surface area contributed by atoms with E-state index in [2.05, 4.69) is 10.2 Å². The molecule has 3 N–H and O–H groups in total. The van der Waals surface area contributed by atoms with E-state index in [4.69, 9.17) is 5.73 Å². The zero-order valence-corrected chi connectivity index (χ0v) is 14.6. The van der Waals surface area contributed by atoms with Gasteiger partial charge in [-0.25, -0.2) is 8.78 Å². The predicted molar refractivity (Wildman–Crippen MR) is 90.9 cm³/mol. The monoisotopic (exact) mass is 360 g/mol. The van der Waals surface area contributed by atoms with Gasteiger partial charge in [-0.1, -0.05) is 13.8 Å². The highest BCUT2D eigenvalue weighted by molar-refractivity contribution is 6.19. The van der Waals surface area contributed by atoms with Crippen LogP contribution in [0.4, 0.5) is 8.78 Å². The second-order valence-corrected chi connectivity index (χ2v) is 6.91. The summed E-state index contributed by atoms with van der Waals surface area (Å²) in [5.41, 5.74) is 6.94. The molecule has 26 heavy (non-hydrogen) atoms. The lowest BCUT2D eigenvalue weighted by molar-refractivity contribution is -0.112. The molecule has 0 bridgehead atoms. The van der Waals surface area contributed by atoms with Gasteiger partial charge in [-0.15, -0.1) is 0 Å². The number of aromatic nitrogens is 2. The van der Waals surface area contributed by atoms with Crippen molar-refractivity contribution in [3.05, 3.63) is 58.5 Å². The molecule has 1 aliphatic rings. The first-order chi connectivity index (χ1) is 12.1. The summed E-state index contributed by atoms with van der Waals surface area (Å²) in [6.07, 6.45) is 1.33. The Morgan fingerprint density at radius 2 is 1.96 bits per heavy atom. The lowest BCUT2D eigenvalue weighted by Crippen LogP contribution is -2.37. The van der Waals surface area contributed by atoms with Gasteiger partial charge in [0.25, 0.3) is 11.8 Å². The summed E-state index contributed by atoms with van der Waals surface area (Å²) < 4.78 is 26.7. The number of nitrogens with one attached hydrogen (secondary N) is 1. The van der Waals surface area contributed by atoms with E-state index in [0.29, 0.717) is 11.4 Å². The van der Waals surface area contributed by atoms with E-state index < -0.39 is 28.9 Å². The van der Waals surface area contributed by atoms with E-state index >= 15 is 0 Å². The van der Waals surface area contributed by atoms with E-state index in [0.717, 1.165) is 17.7 Å². The van der Waals surface area contributed by atoms with Crippen molar-refractivity contribution in [2.45, 2.75) is 26.2 Å². The summed E-state index contributed by atoms with van der Waals surface area (Å²) in [5, 5.41) is 6.95. The Balaban J connectivity index is 2.11. The first-order valence-corrected chi connectivity index (χ1v) is 7.95. The van der Waals surface area contributed by atoms with Gasteiger partial charge in [0.05, 0.1) is 17.0 Å². The first-order valence-electron chi connectivity index (χ1n) is 7.95. The maximum Gasteiger partial charge on any atom is 0.257 e. The Kier molecular flexibility index (Phi) is 4.14. The van der Waals surface area contributed by atoms with Crippen LogP contribution >= 0.6 is 0 Å². The van der Waals surface area contributed by atoms with Crippen molar-refractivity contribution >= 4 is 17.4 Å². The zero-order valence-electron chi connectivity index (χ0n) is 14.6. The van der Waals surface area contributed by atoms with Crippen molar-refractivity contribution < 1.29 is 18.4 Å². The summed E-state index contributed by atoms with van der Waals surface area (Å²) in [4.78, 5) is 26.1. The van der Waals surface area contributed by atoms with Gasteiger partial charge in [0.15, 0.2) is 11.6 Å². The fraction of sp³-hybridized carbons (Fsp3) is 0.278. The number of halogens is 2. The minimum absolute atomic E-state index is 0.0276. The highest BCUT2D eigenvalue weighted by Gasteiger charge is 2.36. The molecule has 1 aromatic carbocycles. The number of aryl methyl sites for hydroxylation is 1. The van der Waals surface area contributed by atoms with Crippen molar-refractivity contribution in [1.82, 2.24) is 15.1 Å². The number of aromatic amines is 1. The minimum atomic E-state index is -1.12. The number of rotatable bonds is 2. The Labute approximate surface area is 148 Å². The maximum atomic E-state index is 13.5. The number of nitrogens with two attached hydrogens (primary N) is 1. The number of nitrogens with zero attached hydrogens (tertiary/aromatic N) is 2. The van der Waals surface area contributed by atoms with Crippen LogP contribution in [0.3, 0.4) is 0 Å². The van der Waals surface area contributed by atoms with Crippen molar-refractivity contribution in [2.24, 2.45) is 5.73 Å². The Hall–Kier alpha value is -3.03. The average Bonchev–Trinajstić information content (AvgIpc) is 2.89. The van der Waals surface area contributed by atoms with Crippen molar-refractivity contribution in [2.75, 3.05) is 6.54 Å². The molecule has 6 nitrogen and oxygen atoms in total. The number of hydrogen-bond donors (Lipinski definition) is 2. The quantitative estimate of drug-likeness (QED) is 0.860. The molecule has 2 amide bonds. The van der Waals surface area contributed by atoms with Crippen LogP contribution in [0.15, 0.2) is 24.4 Å². The summed E-state index contributed by atoms with van der Waals surface area (Å²) in [6, 6.07) is 2.92. The van der Waals surface area contributed by atoms with Crippen molar-refractivity contribution in [1.29, 1.82) is 0 Å². The van der Waals surface area contributed by atoms with Crippen LogP contribution in [-0.4, -0.2) is 33.5 Å². The molecule has 0 atom stereocenters. The SMILES string of the molecule is Cc1n[nH]c2c1C(C)(C)CN(C(=O)c1ccc(F)c(F)c1)C=C2C(N)=O. The number of amides is 2. The largest absolute Gasteiger partial charge is 0.365 e. The third kappa shape index (κ3) is 2.87. The smallest absolute Gasteiger partial charge is 0.257 e. The number of fused-ring (bicyclic) bond motifs is 1. The van der Waals surface area contributed by atoms with Gasteiger partial charge in [-0.05, 0) is 25.1 Å². The van der Waals surface area contributed by atoms with Crippen LogP contribution in [-0.2, 0) is 10.2 Å². The van der Waals surface area contributed by atoms with E-state index in [1.165, 1.54) is 17.2 Å². The summed E-state index contributed by atoms with van der Waals surface area (Å²) >= 11 is 0. The van der Waals surface area contributed by atoms with Crippen LogP contribution in [0, 0.1) is 18.6 Å². The molecule has 0 unspecified atom stereocenters. The third-order valence-corrected chi connectivity index (χ3v) is 4.44. The summed E-state index contributed by atoms with van der Waals surface area (Å²) in [6.45, 7) is 5.80. The molecule has 136 valence electrons. The Bertz CT molecular complexity index is 947. The standard InChI is InChI=1S/C18H18F2N4O2/c1-9-14-15(23-22-9)11(16(21)25)7-24(8-18(14,2)3)17(26)10-4-5-12(19)13(20)6-10/h4-7H,8H2,1-3H3,(H2,21,25)(H,22,23). The topological polar surface area (TPSA) is 92.1 Å². The second-order valence-electron chi connectivity index (χ2n) is 6.91. The number of carbonyl (C=O) groups excluding carboxylic acids is 2. The number of hydrogen-bond acceptors (Lipinski definition) is 3. The Morgan fingerprint density at radius 1 is 1.27 bits per heavy atom. The van der Waals surface area contributed by atoms with Gasteiger partial charge in [0, 0.05) is 29.3 Å². The lowest BCUT2D eigenvalue weighted by atomic mass is 9.82. The van der Waals surface area contributed by atoms with Crippen LogP contribution in [0.1, 0.15) is 41.2 Å². The molecule has 0 fully saturated rings. The van der Waals surface area contributed by atoms with Gasteiger partial charge in [0.1, 0.15) is 0 Å². The fourth-order valence-electron chi connectivity index (χ4n) is 3.34. The van der Waals surface area contributed by atoms with Gasteiger partial charge in [-0.3, -0.25) is 14.7 Å². The van der Waals surface area contributed by atoms with Crippen LogP contribution in [0.5, 0.6) is 0 Å². The van der Waals surface area contributed by atoms with Gasteiger partial charge >= 0.3 is 0 Å². The minimum Gasteiger partial charge on any atom is -0.365 e. The van der Waals surface area contributed by atoms with Crippen LogP contribution < -0.4 is 5.73 Å². The molecule has 0 saturated carbocycles. The molecular formula is C18H18F2N4O2. The molecule has 1 aliphatic heterocycles. The number of benzene rings is 1. The van der Waals surface area contributed by atoms with Crippen LogP contribution in [0.2, 0.25) is 0 Å². The lowest BCUT2D eigenvalue weighted by Gasteiger charge is -2.29. The molecular weight excluding hydrogens is 342 g/mol. The molecule has 0 spiro atoms. The summed E-state index contributed by atoms with van der Waals surface area (Å²) in [5.74, 6) is -3.45.